The topological polar surface area (TPSA) is 42.7 Å². The van der Waals surface area contributed by atoms with Crippen molar-refractivity contribution in [3.8, 4) is 0 Å². The molecule has 0 radical (unpaired) electrons. The molecule has 0 bridgehead atoms. The van der Waals surface area contributed by atoms with Gasteiger partial charge in [-0.15, -0.1) is 0 Å². The van der Waals surface area contributed by atoms with Gasteiger partial charge < -0.3 is 5.32 Å². The Kier molecular flexibility index (Phi) is 3.51. The van der Waals surface area contributed by atoms with Gasteiger partial charge in [-0.25, -0.2) is 4.98 Å². The summed E-state index contributed by atoms with van der Waals surface area (Å²) in [6.07, 6.45) is 7.58. The maximum Gasteiger partial charge on any atom is 0.157 e. The fraction of sp³-hybridized carbons (Fsp3) is 0.600. The van der Waals surface area contributed by atoms with Crippen LogP contribution in [-0.4, -0.2) is 21.3 Å². The molecule has 3 rings (SSSR count). The van der Waals surface area contributed by atoms with Crippen LogP contribution in [-0.2, 0) is 13.6 Å². The highest BCUT2D eigenvalue weighted by Gasteiger charge is 2.14. The number of pyridine rings is 1. The van der Waals surface area contributed by atoms with Crippen LogP contribution in [0.3, 0.4) is 0 Å². The zero-order valence-corrected chi connectivity index (χ0v) is 11.8. The van der Waals surface area contributed by atoms with Crippen LogP contribution in [0.5, 0.6) is 0 Å². The van der Waals surface area contributed by atoms with E-state index in [1.54, 1.807) is 0 Å². The predicted octanol–water partition coefficient (Wildman–Crippen LogP) is 2.56. The summed E-state index contributed by atoms with van der Waals surface area (Å²) in [6, 6.07) is 2.21. The van der Waals surface area contributed by atoms with E-state index in [2.05, 4.69) is 21.5 Å². The van der Waals surface area contributed by atoms with Gasteiger partial charge in [-0.2, -0.15) is 5.10 Å². The summed E-state index contributed by atoms with van der Waals surface area (Å²) in [5, 5.41) is 9.14. The number of aryl methyl sites for hydroxylation is 2. The highest BCUT2D eigenvalue weighted by Crippen LogP contribution is 2.23. The minimum atomic E-state index is 0.886. The quantitative estimate of drug-likeness (QED) is 0.916. The average molecular weight is 258 g/mol. The maximum absolute atomic E-state index is 4.51. The number of rotatable bonds is 4. The Morgan fingerprint density at radius 2 is 2.16 bits per heavy atom. The normalized spacial score (nSPS) is 16.5. The lowest BCUT2D eigenvalue weighted by molar-refractivity contribution is 0.489. The number of fused-ring (bicyclic) bond motifs is 1. The lowest BCUT2D eigenvalue weighted by Gasteiger charge is -2.10. The molecule has 2 heterocycles. The predicted molar refractivity (Wildman–Crippen MR) is 76.9 cm³/mol. The maximum atomic E-state index is 4.51. The van der Waals surface area contributed by atoms with E-state index in [9.17, 15) is 0 Å². The largest absolute Gasteiger partial charge is 0.312 e. The molecule has 2 aromatic heterocycles. The molecule has 0 spiro atoms. The van der Waals surface area contributed by atoms with E-state index >= 15 is 0 Å². The molecule has 0 aromatic carbocycles. The third kappa shape index (κ3) is 2.63. The van der Waals surface area contributed by atoms with Gasteiger partial charge in [0.25, 0.3) is 0 Å². The smallest absolute Gasteiger partial charge is 0.157 e. The first kappa shape index (κ1) is 12.6. The summed E-state index contributed by atoms with van der Waals surface area (Å²) in [5.41, 5.74) is 3.28. The minimum absolute atomic E-state index is 0.886. The lowest BCUT2D eigenvalue weighted by Crippen LogP contribution is -2.20. The molecule has 1 aliphatic rings. The Morgan fingerprint density at radius 3 is 2.95 bits per heavy atom. The number of hydrogen-bond acceptors (Lipinski definition) is 3. The number of aromatic nitrogens is 3. The molecule has 1 saturated carbocycles. The van der Waals surface area contributed by atoms with E-state index in [1.807, 2.05) is 24.9 Å². The molecule has 4 nitrogen and oxygen atoms in total. The lowest BCUT2D eigenvalue weighted by atomic mass is 10.1. The van der Waals surface area contributed by atoms with Gasteiger partial charge >= 0.3 is 0 Å². The third-order valence-corrected chi connectivity index (χ3v) is 4.16. The zero-order chi connectivity index (χ0) is 13.2. The van der Waals surface area contributed by atoms with Gasteiger partial charge in [0.1, 0.15) is 0 Å². The van der Waals surface area contributed by atoms with E-state index in [0.29, 0.717) is 0 Å². The molecule has 1 fully saturated rings. The molecular weight excluding hydrogens is 236 g/mol. The molecule has 0 aliphatic heterocycles. The van der Waals surface area contributed by atoms with Crippen molar-refractivity contribution in [1.82, 2.24) is 20.1 Å². The van der Waals surface area contributed by atoms with Crippen LogP contribution < -0.4 is 5.32 Å². The van der Waals surface area contributed by atoms with Crippen LogP contribution in [0, 0.1) is 12.8 Å². The standard InChI is InChI=1S/C15H22N4/c1-11-14-7-13(10-17-15(14)19(2)18-11)9-16-8-12-5-3-4-6-12/h7,10,12,16H,3-6,8-9H2,1-2H3. The van der Waals surface area contributed by atoms with E-state index in [1.165, 1.54) is 36.6 Å². The Morgan fingerprint density at radius 1 is 1.37 bits per heavy atom. The third-order valence-electron chi connectivity index (χ3n) is 4.16. The fourth-order valence-electron chi connectivity index (χ4n) is 3.08. The molecule has 1 aliphatic carbocycles. The van der Waals surface area contributed by atoms with Gasteiger partial charge in [-0.05, 0) is 43.9 Å². The second-order valence-corrected chi connectivity index (χ2v) is 5.71. The van der Waals surface area contributed by atoms with E-state index < -0.39 is 0 Å². The minimum Gasteiger partial charge on any atom is -0.312 e. The molecule has 0 saturated heterocycles. The van der Waals surface area contributed by atoms with Crippen LogP contribution in [0.1, 0.15) is 36.9 Å². The van der Waals surface area contributed by atoms with Crippen molar-refractivity contribution in [2.45, 2.75) is 39.2 Å². The Labute approximate surface area is 114 Å². The second-order valence-electron chi connectivity index (χ2n) is 5.71. The highest BCUT2D eigenvalue weighted by atomic mass is 15.3. The van der Waals surface area contributed by atoms with Crippen molar-refractivity contribution in [2.24, 2.45) is 13.0 Å². The van der Waals surface area contributed by atoms with E-state index in [4.69, 9.17) is 0 Å². The number of hydrogen-bond donors (Lipinski definition) is 1. The highest BCUT2D eigenvalue weighted by molar-refractivity contribution is 5.78. The summed E-state index contributed by atoms with van der Waals surface area (Å²) in [4.78, 5) is 4.51. The van der Waals surface area contributed by atoms with Gasteiger partial charge in [0.2, 0.25) is 0 Å². The van der Waals surface area contributed by atoms with Gasteiger partial charge in [-0.1, -0.05) is 12.8 Å². The van der Waals surface area contributed by atoms with Crippen LogP contribution >= 0.6 is 0 Å². The van der Waals surface area contributed by atoms with Crippen molar-refractivity contribution in [3.63, 3.8) is 0 Å². The first-order valence-corrected chi connectivity index (χ1v) is 7.23. The molecule has 102 valence electrons. The molecular formula is C15H22N4. The average Bonchev–Trinajstić information content (AvgIpc) is 3.00. The monoisotopic (exact) mass is 258 g/mol. The molecule has 0 unspecified atom stereocenters. The zero-order valence-electron chi connectivity index (χ0n) is 11.8. The fourth-order valence-corrected chi connectivity index (χ4v) is 3.08. The van der Waals surface area contributed by atoms with Crippen LogP contribution in [0.25, 0.3) is 11.0 Å². The van der Waals surface area contributed by atoms with Crippen LogP contribution in [0.4, 0.5) is 0 Å². The van der Waals surface area contributed by atoms with E-state index in [0.717, 1.165) is 30.3 Å². The summed E-state index contributed by atoms with van der Waals surface area (Å²) < 4.78 is 1.85. The van der Waals surface area contributed by atoms with Crippen molar-refractivity contribution < 1.29 is 0 Å². The Bertz CT molecular complexity index is 567. The summed E-state index contributed by atoms with van der Waals surface area (Å²) >= 11 is 0. The van der Waals surface area contributed by atoms with Crippen molar-refractivity contribution in [2.75, 3.05) is 6.54 Å². The Hall–Kier alpha value is -1.42. The molecule has 2 aromatic rings. The van der Waals surface area contributed by atoms with Crippen LogP contribution in [0.2, 0.25) is 0 Å². The molecule has 0 amide bonds. The van der Waals surface area contributed by atoms with E-state index in [-0.39, 0.29) is 0 Å². The van der Waals surface area contributed by atoms with Gasteiger partial charge in [0.15, 0.2) is 5.65 Å². The van der Waals surface area contributed by atoms with Gasteiger partial charge in [0.05, 0.1) is 5.69 Å². The van der Waals surface area contributed by atoms with Gasteiger partial charge in [-0.3, -0.25) is 4.68 Å². The molecule has 0 atom stereocenters. The SMILES string of the molecule is Cc1nn(C)c2ncc(CNCC3CCCC3)cc12. The molecule has 19 heavy (non-hydrogen) atoms. The second kappa shape index (κ2) is 5.29. The Balaban J connectivity index is 1.65. The first-order valence-electron chi connectivity index (χ1n) is 7.23. The van der Waals surface area contributed by atoms with Crippen molar-refractivity contribution in [3.05, 3.63) is 23.5 Å². The number of nitrogens with one attached hydrogen (secondary N) is 1. The van der Waals surface area contributed by atoms with Gasteiger partial charge in [0, 0.05) is 25.2 Å². The first-order chi connectivity index (χ1) is 9.24. The summed E-state index contributed by atoms with van der Waals surface area (Å²) in [5.74, 6) is 0.886. The summed E-state index contributed by atoms with van der Waals surface area (Å²) in [7, 11) is 1.94. The molecule has 1 N–H and O–H groups in total. The number of nitrogens with zero attached hydrogens (tertiary/aromatic N) is 3. The van der Waals surface area contributed by atoms with Crippen LogP contribution in [0.15, 0.2) is 12.3 Å². The van der Waals surface area contributed by atoms with Crippen molar-refractivity contribution >= 4 is 11.0 Å². The van der Waals surface area contributed by atoms with Crippen molar-refractivity contribution in [1.29, 1.82) is 0 Å². The molecule has 4 heteroatoms. The summed E-state index contributed by atoms with van der Waals surface area (Å²) in [6.45, 7) is 4.09.